The van der Waals surface area contributed by atoms with E-state index in [1.807, 2.05) is 12.1 Å². The summed E-state index contributed by atoms with van der Waals surface area (Å²) in [6.07, 6.45) is 2.72. The van der Waals surface area contributed by atoms with E-state index in [1.54, 1.807) is 25.4 Å². The summed E-state index contributed by atoms with van der Waals surface area (Å²) >= 11 is 0. The molecule has 0 spiro atoms. The second kappa shape index (κ2) is 8.35. The van der Waals surface area contributed by atoms with Gasteiger partial charge in [-0.25, -0.2) is 9.37 Å². The highest BCUT2D eigenvalue weighted by atomic mass is 19.1. The van der Waals surface area contributed by atoms with E-state index in [-0.39, 0.29) is 5.82 Å². The second-order valence-electron chi connectivity index (χ2n) is 6.70. The van der Waals surface area contributed by atoms with Gasteiger partial charge in [0.2, 0.25) is 11.7 Å². The lowest BCUT2D eigenvalue weighted by molar-refractivity contribution is 0.253. The molecular weight excluding hydrogens is 361 g/mol. The first-order valence-electron chi connectivity index (χ1n) is 9.27. The number of pyridine rings is 1. The summed E-state index contributed by atoms with van der Waals surface area (Å²) in [4.78, 5) is 13.0. The molecule has 28 heavy (non-hydrogen) atoms. The lowest BCUT2D eigenvalue weighted by atomic mass is 10.2. The largest absolute Gasteiger partial charge is 0.481 e. The van der Waals surface area contributed by atoms with Gasteiger partial charge in [0.25, 0.3) is 0 Å². The van der Waals surface area contributed by atoms with Crippen molar-refractivity contribution in [3.8, 4) is 17.3 Å². The average molecular weight is 383 g/mol. The van der Waals surface area contributed by atoms with Crippen molar-refractivity contribution < 1.29 is 13.7 Å². The first kappa shape index (κ1) is 18.4. The Kier molecular flexibility index (Phi) is 5.48. The number of aromatic nitrogens is 3. The van der Waals surface area contributed by atoms with Crippen molar-refractivity contribution >= 4 is 6.01 Å². The Morgan fingerprint density at radius 3 is 2.79 bits per heavy atom. The number of halogens is 1. The van der Waals surface area contributed by atoms with E-state index in [0.29, 0.717) is 23.3 Å². The molecule has 0 unspecified atom stereocenters. The van der Waals surface area contributed by atoms with E-state index >= 15 is 0 Å². The van der Waals surface area contributed by atoms with Gasteiger partial charge in [-0.15, -0.1) is 0 Å². The molecule has 0 radical (unpaired) electrons. The van der Waals surface area contributed by atoms with E-state index < -0.39 is 0 Å². The van der Waals surface area contributed by atoms with Crippen molar-refractivity contribution in [3.63, 3.8) is 0 Å². The predicted molar refractivity (Wildman–Crippen MR) is 103 cm³/mol. The molecule has 1 aliphatic heterocycles. The highest BCUT2D eigenvalue weighted by molar-refractivity contribution is 5.55. The number of hydrogen-bond acceptors (Lipinski definition) is 7. The number of anilines is 1. The molecule has 8 heteroatoms. The zero-order chi connectivity index (χ0) is 19.3. The standard InChI is InChI=1S/C20H22FN5O2/c1-27-18-13-15(5-7-22-18)6-8-25-9-11-26(12-10-25)20-23-19(24-28-20)16-3-2-4-17(21)14-16/h2-5,7,13-14H,6,8-12H2,1H3. The first-order valence-corrected chi connectivity index (χ1v) is 9.27. The summed E-state index contributed by atoms with van der Waals surface area (Å²) in [7, 11) is 1.63. The van der Waals surface area contributed by atoms with Gasteiger partial charge in [0.1, 0.15) is 5.82 Å². The Labute approximate surface area is 162 Å². The van der Waals surface area contributed by atoms with Gasteiger partial charge < -0.3 is 14.2 Å². The SMILES string of the molecule is COc1cc(CCN2CCN(c3nc(-c4cccc(F)c4)no3)CC2)ccn1. The Morgan fingerprint density at radius 2 is 2.00 bits per heavy atom. The molecule has 0 amide bonds. The van der Waals surface area contributed by atoms with E-state index in [9.17, 15) is 4.39 Å². The van der Waals surface area contributed by atoms with Crippen molar-refractivity contribution in [2.24, 2.45) is 0 Å². The molecule has 0 bridgehead atoms. The van der Waals surface area contributed by atoms with E-state index in [0.717, 1.165) is 39.1 Å². The summed E-state index contributed by atoms with van der Waals surface area (Å²) < 4.78 is 23.9. The number of nitrogens with zero attached hydrogens (tertiary/aromatic N) is 5. The number of hydrogen-bond donors (Lipinski definition) is 0. The van der Waals surface area contributed by atoms with Crippen molar-refractivity contribution in [2.75, 3.05) is 44.7 Å². The highest BCUT2D eigenvalue weighted by Crippen LogP contribution is 2.21. The molecule has 0 saturated carbocycles. The van der Waals surface area contributed by atoms with Crippen LogP contribution in [-0.2, 0) is 6.42 Å². The highest BCUT2D eigenvalue weighted by Gasteiger charge is 2.21. The first-order chi connectivity index (χ1) is 13.7. The van der Waals surface area contributed by atoms with Gasteiger partial charge in [0, 0.05) is 50.6 Å². The Morgan fingerprint density at radius 1 is 1.14 bits per heavy atom. The van der Waals surface area contributed by atoms with Gasteiger partial charge in [-0.1, -0.05) is 17.3 Å². The van der Waals surface area contributed by atoms with E-state index in [4.69, 9.17) is 9.26 Å². The Bertz CT molecular complexity index is 924. The number of methoxy groups -OCH3 is 1. The van der Waals surface area contributed by atoms with Gasteiger partial charge in [0.05, 0.1) is 7.11 Å². The zero-order valence-electron chi connectivity index (χ0n) is 15.7. The van der Waals surface area contributed by atoms with Crippen LogP contribution >= 0.6 is 0 Å². The molecule has 146 valence electrons. The Balaban J connectivity index is 1.30. The summed E-state index contributed by atoms with van der Waals surface area (Å²) in [6.45, 7) is 4.42. The van der Waals surface area contributed by atoms with Crippen molar-refractivity contribution in [3.05, 3.63) is 54.0 Å². The number of rotatable bonds is 6. The molecule has 1 aromatic carbocycles. The van der Waals surface area contributed by atoms with E-state index in [1.165, 1.54) is 17.7 Å². The molecular formula is C20H22FN5O2. The Hall–Kier alpha value is -3.00. The summed E-state index contributed by atoms with van der Waals surface area (Å²) in [5, 5.41) is 3.99. The van der Waals surface area contributed by atoms with Gasteiger partial charge in [-0.2, -0.15) is 4.98 Å². The fraction of sp³-hybridized carbons (Fsp3) is 0.350. The van der Waals surface area contributed by atoms with Crippen LogP contribution in [0, 0.1) is 5.82 Å². The second-order valence-corrected chi connectivity index (χ2v) is 6.70. The minimum absolute atomic E-state index is 0.315. The molecule has 0 aliphatic carbocycles. The van der Waals surface area contributed by atoms with Crippen LogP contribution in [0.4, 0.5) is 10.4 Å². The van der Waals surface area contributed by atoms with Crippen molar-refractivity contribution in [1.29, 1.82) is 0 Å². The molecule has 0 atom stereocenters. The number of benzene rings is 1. The third-order valence-electron chi connectivity index (χ3n) is 4.87. The quantitative estimate of drug-likeness (QED) is 0.648. The molecule has 3 aromatic rings. The number of ether oxygens (including phenoxy) is 1. The summed E-state index contributed by atoms with van der Waals surface area (Å²) in [6, 6.07) is 10.7. The van der Waals surface area contributed by atoms with Crippen LogP contribution in [-0.4, -0.2) is 59.9 Å². The van der Waals surface area contributed by atoms with Crippen LogP contribution in [0.2, 0.25) is 0 Å². The zero-order valence-corrected chi connectivity index (χ0v) is 15.7. The van der Waals surface area contributed by atoms with Crippen LogP contribution in [0.25, 0.3) is 11.4 Å². The van der Waals surface area contributed by atoms with Gasteiger partial charge in [-0.3, -0.25) is 4.90 Å². The topological polar surface area (TPSA) is 67.5 Å². The smallest absolute Gasteiger partial charge is 0.324 e. The molecule has 2 aromatic heterocycles. The normalized spacial score (nSPS) is 15.0. The lowest BCUT2D eigenvalue weighted by Gasteiger charge is -2.33. The van der Waals surface area contributed by atoms with Gasteiger partial charge >= 0.3 is 6.01 Å². The molecule has 3 heterocycles. The summed E-state index contributed by atoms with van der Waals surface area (Å²) in [5.74, 6) is 0.737. The minimum Gasteiger partial charge on any atom is -0.481 e. The third-order valence-corrected chi connectivity index (χ3v) is 4.87. The molecule has 4 rings (SSSR count). The fourth-order valence-corrected chi connectivity index (χ4v) is 3.26. The predicted octanol–water partition coefficient (Wildman–Crippen LogP) is 2.64. The number of piperazine rings is 1. The summed E-state index contributed by atoms with van der Waals surface area (Å²) in [5.41, 5.74) is 1.83. The molecule has 0 N–H and O–H groups in total. The van der Waals surface area contributed by atoms with Crippen LogP contribution in [0.3, 0.4) is 0 Å². The maximum absolute atomic E-state index is 13.4. The fourth-order valence-electron chi connectivity index (χ4n) is 3.26. The molecule has 7 nitrogen and oxygen atoms in total. The molecule has 1 aliphatic rings. The van der Waals surface area contributed by atoms with E-state index in [2.05, 4.69) is 24.9 Å². The third kappa shape index (κ3) is 4.28. The van der Waals surface area contributed by atoms with Crippen molar-refractivity contribution in [2.45, 2.75) is 6.42 Å². The average Bonchev–Trinajstić information content (AvgIpc) is 3.23. The minimum atomic E-state index is -0.315. The van der Waals surface area contributed by atoms with Gasteiger partial charge in [-0.05, 0) is 30.2 Å². The van der Waals surface area contributed by atoms with Crippen LogP contribution in [0.1, 0.15) is 5.56 Å². The lowest BCUT2D eigenvalue weighted by Crippen LogP contribution is -2.47. The van der Waals surface area contributed by atoms with Crippen LogP contribution < -0.4 is 9.64 Å². The van der Waals surface area contributed by atoms with Crippen molar-refractivity contribution in [1.82, 2.24) is 20.0 Å². The maximum atomic E-state index is 13.4. The van der Waals surface area contributed by atoms with Gasteiger partial charge in [0.15, 0.2) is 0 Å². The molecule has 1 fully saturated rings. The molecule has 1 saturated heterocycles. The van der Waals surface area contributed by atoms with Crippen LogP contribution in [0.5, 0.6) is 5.88 Å². The van der Waals surface area contributed by atoms with Crippen LogP contribution in [0.15, 0.2) is 47.1 Å². The monoisotopic (exact) mass is 383 g/mol. The maximum Gasteiger partial charge on any atom is 0.324 e.